The number of amides is 2. The molecule has 7 heteroatoms. The molecule has 0 bridgehead atoms. The highest BCUT2D eigenvalue weighted by Gasteiger charge is 2.31. The molecule has 1 aliphatic heterocycles. The first-order chi connectivity index (χ1) is 12.5. The Balaban J connectivity index is 1.82. The Morgan fingerprint density at radius 3 is 2.73 bits per heavy atom. The Morgan fingerprint density at radius 2 is 2.04 bits per heavy atom. The van der Waals surface area contributed by atoms with Gasteiger partial charge in [-0.1, -0.05) is 44.2 Å². The molecule has 1 aliphatic rings. The van der Waals surface area contributed by atoms with Crippen molar-refractivity contribution >= 4 is 11.8 Å². The Kier molecular flexibility index (Phi) is 5.37. The largest absolute Gasteiger partial charge is 0.389 e. The normalized spacial score (nSPS) is 18.3. The van der Waals surface area contributed by atoms with Crippen molar-refractivity contribution in [3.8, 4) is 11.3 Å². The maximum absolute atomic E-state index is 13.0. The van der Waals surface area contributed by atoms with Crippen molar-refractivity contribution in [2.75, 3.05) is 26.2 Å². The highest BCUT2D eigenvalue weighted by atomic mass is 16.3. The van der Waals surface area contributed by atoms with Crippen LogP contribution < -0.4 is 0 Å². The second kappa shape index (κ2) is 7.70. The lowest BCUT2D eigenvalue weighted by molar-refractivity contribution is -0.131. The Morgan fingerprint density at radius 1 is 1.31 bits per heavy atom. The maximum Gasteiger partial charge on any atom is 0.258 e. The summed E-state index contributed by atoms with van der Waals surface area (Å²) < 4.78 is 0. The van der Waals surface area contributed by atoms with Crippen molar-refractivity contribution in [2.45, 2.75) is 20.0 Å². The molecule has 2 N–H and O–H groups in total. The molecule has 2 amide bonds. The molecule has 3 rings (SSSR count). The highest BCUT2D eigenvalue weighted by molar-refractivity contribution is 6.01. The van der Waals surface area contributed by atoms with E-state index >= 15 is 0 Å². The summed E-state index contributed by atoms with van der Waals surface area (Å²) in [7, 11) is 0. The number of aromatic nitrogens is 2. The quantitative estimate of drug-likeness (QED) is 0.866. The van der Waals surface area contributed by atoms with E-state index in [-0.39, 0.29) is 31.4 Å². The van der Waals surface area contributed by atoms with Crippen LogP contribution in [0.4, 0.5) is 0 Å². The zero-order chi connectivity index (χ0) is 18.7. The van der Waals surface area contributed by atoms with E-state index in [1.165, 1.54) is 11.1 Å². The van der Waals surface area contributed by atoms with Crippen LogP contribution in [-0.4, -0.2) is 69.2 Å². The fourth-order valence-electron chi connectivity index (χ4n) is 3.21. The van der Waals surface area contributed by atoms with E-state index in [1.54, 1.807) is 4.90 Å². The van der Waals surface area contributed by atoms with Crippen LogP contribution in [0, 0.1) is 5.92 Å². The van der Waals surface area contributed by atoms with Gasteiger partial charge in [0, 0.05) is 25.2 Å². The Bertz CT molecular complexity index is 772. The molecule has 1 saturated heterocycles. The summed E-state index contributed by atoms with van der Waals surface area (Å²) >= 11 is 0. The van der Waals surface area contributed by atoms with E-state index in [9.17, 15) is 14.7 Å². The third-order valence-electron chi connectivity index (χ3n) is 4.35. The average Bonchev–Trinajstić information content (AvgIpc) is 3.04. The minimum Gasteiger partial charge on any atom is -0.389 e. The van der Waals surface area contributed by atoms with Gasteiger partial charge in [0.05, 0.1) is 23.6 Å². The molecule has 2 heterocycles. The molecule has 0 saturated carbocycles. The number of nitrogens with zero attached hydrogens (tertiary/aromatic N) is 3. The van der Waals surface area contributed by atoms with Crippen LogP contribution in [0.3, 0.4) is 0 Å². The topological polar surface area (TPSA) is 89.5 Å². The van der Waals surface area contributed by atoms with Gasteiger partial charge in [0.15, 0.2) is 0 Å². The van der Waals surface area contributed by atoms with Crippen LogP contribution in [0.25, 0.3) is 11.3 Å². The monoisotopic (exact) mass is 356 g/mol. The third kappa shape index (κ3) is 3.94. The summed E-state index contributed by atoms with van der Waals surface area (Å²) in [5, 5.41) is 17.1. The number of aliphatic hydroxyl groups excluding tert-OH is 1. The van der Waals surface area contributed by atoms with Crippen molar-refractivity contribution in [3.63, 3.8) is 0 Å². The minimum atomic E-state index is -0.767. The van der Waals surface area contributed by atoms with Crippen molar-refractivity contribution in [1.82, 2.24) is 20.0 Å². The van der Waals surface area contributed by atoms with E-state index < -0.39 is 6.10 Å². The van der Waals surface area contributed by atoms with E-state index in [2.05, 4.69) is 10.2 Å². The van der Waals surface area contributed by atoms with Gasteiger partial charge in [-0.25, -0.2) is 0 Å². The molecule has 1 fully saturated rings. The highest BCUT2D eigenvalue weighted by Crippen LogP contribution is 2.22. The van der Waals surface area contributed by atoms with Crippen LogP contribution in [0.2, 0.25) is 0 Å². The number of nitrogens with one attached hydrogen (secondary N) is 1. The maximum atomic E-state index is 13.0. The van der Waals surface area contributed by atoms with Gasteiger partial charge < -0.3 is 14.9 Å². The van der Waals surface area contributed by atoms with Gasteiger partial charge in [0.25, 0.3) is 5.91 Å². The van der Waals surface area contributed by atoms with Crippen LogP contribution in [0.15, 0.2) is 36.5 Å². The zero-order valence-electron chi connectivity index (χ0n) is 15.1. The summed E-state index contributed by atoms with van der Waals surface area (Å²) in [6.45, 7) is 4.94. The molecule has 1 atom stereocenters. The Hall–Kier alpha value is -2.67. The van der Waals surface area contributed by atoms with Crippen molar-refractivity contribution < 1.29 is 14.7 Å². The molecular formula is C19H24N4O3. The fourth-order valence-corrected chi connectivity index (χ4v) is 3.21. The fraction of sp³-hybridized carbons (Fsp3) is 0.421. The van der Waals surface area contributed by atoms with Gasteiger partial charge in [0.2, 0.25) is 5.91 Å². The van der Waals surface area contributed by atoms with E-state index in [0.29, 0.717) is 23.7 Å². The van der Waals surface area contributed by atoms with Gasteiger partial charge in [-0.3, -0.25) is 14.7 Å². The van der Waals surface area contributed by atoms with Crippen LogP contribution in [0.1, 0.15) is 24.2 Å². The lowest BCUT2D eigenvalue weighted by Gasteiger charge is -2.23. The summed E-state index contributed by atoms with van der Waals surface area (Å²) in [4.78, 5) is 28.6. The molecule has 138 valence electrons. The van der Waals surface area contributed by atoms with Gasteiger partial charge >= 0.3 is 0 Å². The molecule has 1 aromatic carbocycles. The van der Waals surface area contributed by atoms with Gasteiger partial charge in [-0.05, 0) is 5.92 Å². The van der Waals surface area contributed by atoms with E-state index in [4.69, 9.17) is 0 Å². The standard InChI is InChI=1S/C19H24N4O3/c1-13(2)9-22-10-15(24)11-23(12-17(22)25)19(26)16-8-20-21-18(16)14-6-4-3-5-7-14/h3-8,13,15,24H,9-12H2,1-2H3,(H,20,21). The number of rotatable bonds is 4. The van der Waals surface area contributed by atoms with Crippen molar-refractivity contribution in [1.29, 1.82) is 0 Å². The SMILES string of the molecule is CC(C)CN1CC(O)CN(C(=O)c2cn[nH]c2-c2ccccc2)CC1=O. The summed E-state index contributed by atoms with van der Waals surface area (Å²) in [5.41, 5.74) is 1.85. The van der Waals surface area contributed by atoms with Gasteiger partial charge in [-0.15, -0.1) is 0 Å². The number of hydrogen-bond donors (Lipinski definition) is 2. The lowest BCUT2D eigenvalue weighted by Crippen LogP contribution is -2.40. The average molecular weight is 356 g/mol. The first-order valence-electron chi connectivity index (χ1n) is 8.79. The van der Waals surface area contributed by atoms with Crippen LogP contribution in [-0.2, 0) is 4.79 Å². The van der Waals surface area contributed by atoms with E-state index in [0.717, 1.165) is 5.56 Å². The second-order valence-electron chi connectivity index (χ2n) is 7.06. The third-order valence-corrected chi connectivity index (χ3v) is 4.35. The number of carbonyl (C=O) groups excluding carboxylic acids is 2. The molecule has 7 nitrogen and oxygen atoms in total. The predicted molar refractivity (Wildman–Crippen MR) is 97.4 cm³/mol. The molecule has 1 unspecified atom stereocenters. The molecule has 2 aromatic rings. The van der Waals surface area contributed by atoms with Gasteiger partial charge in [0.1, 0.15) is 6.54 Å². The number of H-pyrrole nitrogens is 1. The number of hydrogen-bond acceptors (Lipinski definition) is 4. The predicted octanol–water partition coefficient (Wildman–Crippen LogP) is 1.38. The van der Waals surface area contributed by atoms with Crippen LogP contribution in [0.5, 0.6) is 0 Å². The number of benzene rings is 1. The number of β-amino-alcohol motifs (C(OH)–C–C–N with tert-alkyl or cyclic N) is 1. The van der Waals surface area contributed by atoms with E-state index in [1.807, 2.05) is 44.2 Å². The molecule has 0 spiro atoms. The van der Waals surface area contributed by atoms with Crippen LogP contribution >= 0.6 is 0 Å². The molecule has 26 heavy (non-hydrogen) atoms. The summed E-state index contributed by atoms with van der Waals surface area (Å²) in [5.74, 6) is -0.156. The summed E-state index contributed by atoms with van der Waals surface area (Å²) in [6, 6.07) is 9.43. The van der Waals surface area contributed by atoms with Crippen molar-refractivity contribution in [2.24, 2.45) is 5.92 Å². The number of carbonyl (C=O) groups is 2. The Labute approximate surface area is 152 Å². The first-order valence-corrected chi connectivity index (χ1v) is 8.79. The smallest absolute Gasteiger partial charge is 0.258 e. The minimum absolute atomic E-state index is 0.0397. The van der Waals surface area contributed by atoms with Gasteiger partial charge in [-0.2, -0.15) is 5.10 Å². The lowest BCUT2D eigenvalue weighted by atomic mass is 10.1. The van der Waals surface area contributed by atoms with Crippen molar-refractivity contribution in [3.05, 3.63) is 42.1 Å². The zero-order valence-corrected chi connectivity index (χ0v) is 15.1. The first kappa shape index (κ1) is 18.1. The molecule has 0 aliphatic carbocycles. The molecule has 1 aromatic heterocycles. The summed E-state index contributed by atoms with van der Waals surface area (Å²) in [6.07, 6.45) is 0.703. The second-order valence-corrected chi connectivity index (χ2v) is 7.06. The molecular weight excluding hydrogens is 332 g/mol. The molecule has 0 radical (unpaired) electrons. The number of aromatic amines is 1. The number of aliphatic hydroxyl groups is 1.